The minimum absolute atomic E-state index is 0.170. The van der Waals surface area contributed by atoms with Gasteiger partial charge in [0.25, 0.3) is 11.5 Å². The lowest BCUT2D eigenvalue weighted by Crippen LogP contribution is -2.44. The molecule has 0 fully saturated rings. The average molecular weight is 401 g/mol. The van der Waals surface area contributed by atoms with E-state index in [2.05, 4.69) is 15.8 Å². The maximum atomic E-state index is 13.3. The Morgan fingerprint density at radius 2 is 1.97 bits per heavy atom. The predicted molar refractivity (Wildman–Crippen MR) is 108 cm³/mol. The normalized spacial score (nSPS) is 19.6. The molecule has 2 heterocycles. The molecule has 0 saturated carbocycles. The summed E-state index contributed by atoms with van der Waals surface area (Å²) in [6.45, 7) is 7.02. The number of nitrogens with two attached hydrogens (primary N) is 1. The van der Waals surface area contributed by atoms with Crippen molar-refractivity contribution in [1.82, 2.24) is 15.4 Å². The van der Waals surface area contributed by atoms with Crippen LogP contribution in [-0.2, 0) is 4.84 Å². The number of pyridine rings is 1. The van der Waals surface area contributed by atoms with E-state index in [1.165, 1.54) is 41.1 Å². The maximum absolute atomic E-state index is 13.3. The summed E-state index contributed by atoms with van der Waals surface area (Å²) in [4.78, 5) is 35.1. The van der Waals surface area contributed by atoms with Gasteiger partial charge in [-0.25, -0.2) is 9.38 Å². The maximum Gasteiger partial charge on any atom is 0.258 e. The molecular formula is C20H24FN5O3. The summed E-state index contributed by atoms with van der Waals surface area (Å²) < 4.78 is 14.8. The lowest BCUT2D eigenvalue weighted by Gasteiger charge is -2.17. The van der Waals surface area contributed by atoms with Crippen LogP contribution >= 0.6 is 0 Å². The third kappa shape index (κ3) is 4.52. The molecule has 2 unspecified atom stereocenters. The molecular weight excluding hydrogens is 377 g/mol. The Balaban J connectivity index is 1.95. The molecule has 1 aliphatic heterocycles. The van der Waals surface area contributed by atoms with Gasteiger partial charge in [0.2, 0.25) is 5.90 Å². The van der Waals surface area contributed by atoms with Gasteiger partial charge in [0, 0.05) is 17.8 Å². The van der Waals surface area contributed by atoms with Crippen LogP contribution in [0.2, 0.25) is 0 Å². The fourth-order valence-corrected chi connectivity index (χ4v) is 2.90. The van der Waals surface area contributed by atoms with Crippen molar-refractivity contribution < 1.29 is 14.0 Å². The number of aliphatic imine (C=N–C) groups is 1. The molecule has 0 bridgehead atoms. The third-order valence-electron chi connectivity index (χ3n) is 4.44. The van der Waals surface area contributed by atoms with Crippen molar-refractivity contribution in [2.75, 3.05) is 0 Å². The molecule has 0 radical (unpaired) electrons. The molecule has 0 aliphatic carbocycles. The van der Waals surface area contributed by atoms with Gasteiger partial charge in [-0.15, -0.1) is 5.48 Å². The minimum atomic E-state index is -1.06. The molecule has 29 heavy (non-hydrogen) atoms. The van der Waals surface area contributed by atoms with Crippen molar-refractivity contribution in [2.24, 2.45) is 10.7 Å². The third-order valence-corrected chi connectivity index (χ3v) is 4.44. The first-order valence-electron chi connectivity index (χ1n) is 9.23. The van der Waals surface area contributed by atoms with E-state index < -0.39 is 23.6 Å². The summed E-state index contributed by atoms with van der Waals surface area (Å²) in [7, 11) is 0. The molecule has 1 amide bonds. The van der Waals surface area contributed by atoms with E-state index in [1.807, 2.05) is 13.8 Å². The lowest BCUT2D eigenvalue weighted by atomic mass is 10.0. The van der Waals surface area contributed by atoms with E-state index in [-0.39, 0.29) is 23.1 Å². The fraction of sp³-hybridized carbons (Fsp3) is 0.350. The Bertz CT molecular complexity index is 1010. The predicted octanol–water partition coefficient (Wildman–Crippen LogP) is 1.92. The number of hydrogen-bond donors (Lipinski definition) is 3. The summed E-state index contributed by atoms with van der Waals surface area (Å²) in [6.07, 6.45) is 1.50. The number of amides is 1. The summed E-state index contributed by atoms with van der Waals surface area (Å²) in [5.74, 6) is -1.63. The van der Waals surface area contributed by atoms with Crippen molar-refractivity contribution in [3.63, 3.8) is 0 Å². The number of benzene rings is 1. The molecule has 4 N–H and O–H groups in total. The fourth-order valence-electron chi connectivity index (χ4n) is 2.90. The topological polar surface area (TPSA) is 111 Å². The average Bonchev–Trinajstić information content (AvgIpc) is 3.02. The zero-order valence-electron chi connectivity index (χ0n) is 16.7. The minimum Gasteiger partial charge on any atom is -0.387 e. The largest absolute Gasteiger partial charge is 0.387 e. The summed E-state index contributed by atoms with van der Waals surface area (Å²) in [6, 6.07) is 6.35. The number of nitrogens with one attached hydrogen (secondary N) is 2. The monoisotopic (exact) mass is 401 g/mol. The first-order chi connectivity index (χ1) is 13.6. The number of carbonyl (C=O) groups is 1. The van der Waals surface area contributed by atoms with E-state index in [9.17, 15) is 14.0 Å². The number of rotatable bonds is 5. The molecule has 8 nitrogen and oxygen atoms in total. The molecule has 1 aromatic carbocycles. The highest BCUT2D eigenvalue weighted by Gasteiger charge is 2.30. The number of hydroxylamine groups is 1. The highest BCUT2D eigenvalue weighted by Crippen LogP contribution is 2.19. The van der Waals surface area contributed by atoms with Crippen LogP contribution in [-0.4, -0.2) is 28.2 Å². The van der Waals surface area contributed by atoms with Crippen LogP contribution in [0.15, 0.2) is 46.3 Å². The molecule has 9 heteroatoms. The van der Waals surface area contributed by atoms with Crippen LogP contribution in [0.4, 0.5) is 4.39 Å². The van der Waals surface area contributed by atoms with Gasteiger partial charge in [-0.1, -0.05) is 12.1 Å². The van der Waals surface area contributed by atoms with Gasteiger partial charge in [0.05, 0.1) is 5.56 Å². The number of hydrogen-bond acceptors (Lipinski definition) is 6. The van der Waals surface area contributed by atoms with Gasteiger partial charge >= 0.3 is 0 Å². The second kappa shape index (κ2) is 7.76. The summed E-state index contributed by atoms with van der Waals surface area (Å²) in [5, 5.41) is 2.78. The van der Waals surface area contributed by atoms with E-state index in [1.54, 1.807) is 13.8 Å². The van der Waals surface area contributed by atoms with E-state index >= 15 is 0 Å². The molecule has 1 aliphatic rings. The number of carbonyl (C=O) groups excluding carboxylic acids is 1. The Morgan fingerprint density at radius 3 is 2.52 bits per heavy atom. The van der Waals surface area contributed by atoms with Crippen LogP contribution in [0.1, 0.15) is 44.1 Å². The summed E-state index contributed by atoms with van der Waals surface area (Å²) >= 11 is 0. The van der Waals surface area contributed by atoms with Crippen LogP contribution in [0.3, 0.4) is 0 Å². The Labute approximate surface area is 167 Å². The molecule has 2 atom stereocenters. The lowest BCUT2D eigenvalue weighted by molar-refractivity contribution is 0.0934. The standard InChI is InChI=1S/C20H24FN5O3/c1-11(2)26-10-14(9-16(19(26)28)13-5-7-15(21)8-6-13)17(27)23-12(3)18-24-20(4,22)25-29-18/h5-12,25H,22H2,1-4H3,(H,23,27). The van der Waals surface area contributed by atoms with Gasteiger partial charge < -0.3 is 14.7 Å². The zero-order valence-corrected chi connectivity index (χ0v) is 16.7. The highest BCUT2D eigenvalue weighted by atomic mass is 19.1. The molecule has 2 aromatic rings. The Morgan fingerprint density at radius 1 is 1.31 bits per heavy atom. The van der Waals surface area contributed by atoms with Crippen molar-refractivity contribution in [3.8, 4) is 11.1 Å². The van der Waals surface area contributed by atoms with E-state index in [0.717, 1.165) is 0 Å². The van der Waals surface area contributed by atoms with Gasteiger partial charge in [0.1, 0.15) is 11.9 Å². The van der Waals surface area contributed by atoms with Crippen LogP contribution in [0.25, 0.3) is 11.1 Å². The van der Waals surface area contributed by atoms with Gasteiger partial charge in [-0.2, -0.15) is 0 Å². The molecule has 0 saturated heterocycles. The molecule has 154 valence electrons. The van der Waals surface area contributed by atoms with Gasteiger partial charge in [-0.05, 0) is 51.5 Å². The van der Waals surface area contributed by atoms with Crippen molar-refractivity contribution in [1.29, 1.82) is 0 Å². The van der Waals surface area contributed by atoms with Crippen LogP contribution < -0.4 is 22.1 Å². The second-order valence-corrected chi connectivity index (χ2v) is 7.45. The smallest absolute Gasteiger partial charge is 0.258 e. The van der Waals surface area contributed by atoms with Crippen molar-refractivity contribution in [3.05, 3.63) is 58.3 Å². The summed E-state index contributed by atoms with van der Waals surface area (Å²) in [5.41, 5.74) is 9.23. The number of nitrogens with zero attached hydrogens (tertiary/aromatic N) is 2. The number of aromatic nitrogens is 1. The van der Waals surface area contributed by atoms with Gasteiger partial charge in [-0.3, -0.25) is 15.3 Å². The van der Waals surface area contributed by atoms with Gasteiger partial charge in [0.15, 0.2) is 5.79 Å². The Hall–Kier alpha value is -3.04. The molecule has 0 spiro atoms. The van der Waals surface area contributed by atoms with E-state index in [4.69, 9.17) is 10.6 Å². The first-order valence-corrected chi connectivity index (χ1v) is 9.23. The SMILES string of the molecule is CC(NC(=O)c1cc(-c2ccc(F)cc2)c(=O)n(C(C)C)c1)C1=NC(C)(N)NO1. The van der Waals surface area contributed by atoms with E-state index in [0.29, 0.717) is 11.1 Å². The highest BCUT2D eigenvalue weighted by molar-refractivity contribution is 5.98. The van der Waals surface area contributed by atoms with Crippen LogP contribution in [0.5, 0.6) is 0 Å². The second-order valence-electron chi connectivity index (χ2n) is 7.45. The van der Waals surface area contributed by atoms with Crippen LogP contribution in [0, 0.1) is 5.82 Å². The number of halogens is 1. The quantitative estimate of drug-likeness (QED) is 0.709. The zero-order chi connectivity index (χ0) is 21.3. The first kappa shape index (κ1) is 20.7. The molecule has 3 rings (SSSR count). The Kier molecular flexibility index (Phi) is 5.54. The molecule has 1 aromatic heterocycles. The van der Waals surface area contributed by atoms with Crippen molar-refractivity contribution in [2.45, 2.75) is 45.6 Å². The van der Waals surface area contributed by atoms with Crippen molar-refractivity contribution >= 4 is 11.8 Å².